The number of aromatic nitrogens is 2. The molecule has 0 unspecified atom stereocenters. The van der Waals surface area contributed by atoms with Gasteiger partial charge in [-0.05, 0) is 47.9 Å². The Morgan fingerprint density at radius 2 is 1.66 bits per heavy atom. The summed E-state index contributed by atoms with van der Waals surface area (Å²) in [6, 6.07) is 21.1. The number of rotatable bonds is 4. The number of likely N-dealkylation sites (tertiary alicyclic amines) is 1. The summed E-state index contributed by atoms with van der Waals surface area (Å²) in [7, 11) is 0. The Hall–Kier alpha value is -3.87. The summed E-state index contributed by atoms with van der Waals surface area (Å²) < 4.78 is 1.80. The number of hydrogen-bond donors (Lipinski definition) is 2. The van der Waals surface area contributed by atoms with Crippen molar-refractivity contribution in [2.45, 2.75) is 18.9 Å². The molecule has 1 aromatic heterocycles. The highest BCUT2D eigenvalue weighted by Gasteiger charge is 2.26. The van der Waals surface area contributed by atoms with Gasteiger partial charge in [0.2, 0.25) is 5.91 Å². The molecule has 0 atom stereocenters. The van der Waals surface area contributed by atoms with Crippen molar-refractivity contribution in [3.05, 3.63) is 82.8 Å². The van der Waals surface area contributed by atoms with Crippen LogP contribution < -0.4 is 11.0 Å². The maximum Gasteiger partial charge on any atom is 0.326 e. The minimum absolute atomic E-state index is 0.0383. The van der Waals surface area contributed by atoms with Crippen LogP contribution in [-0.4, -0.2) is 45.9 Å². The van der Waals surface area contributed by atoms with Crippen LogP contribution in [0.4, 0.5) is 0 Å². The van der Waals surface area contributed by atoms with Crippen molar-refractivity contribution in [1.82, 2.24) is 19.8 Å². The Bertz CT molecular complexity index is 1360. The fourth-order valence-electron chi connectivity index (χ4n) is 4.51. The van der Waals surface area contributed by atoms with Crippen molar-refractivity contribution >= 4 is 33.6 Å². The molecule has 0 spiro atoms. The second-order valence-corrected chi connectivity index (χ2v) is 8.17. The molecular weight excluding hydrogens is 404 g/mol. The van der Waals surface area contributed by atoms with Crippen molar-refractivity contribution < 1.29 is 9.59 Å². The van der Waals surface area contributed by atoms with Crippen molar-refractivity contribution in [1.29, 1.82) is 0 Å². The van der Waals surface area contributed by atoms with E-state index in [9.17, 15) is 14.4 Å². The van der Waals surface area contributed by atoms with E-state index in [0.717, 1.165) is 21.8 Å². The predicted molar refractivity (Wildman–Crippen MR) is 124 cm³/mol. The molecular formula is C25H24N4O3. The van der Waals surface area contributed by atoms with Gasteiger partial charge in [0.05, 0.1) is 17.6 Å². The minimum Gasteiger partial charge on any atom is -0.343 e. The zero-order valence-electron chi connectivity index (χ0n) is 17.6. The number of aromatic amines is 1. The molecule has 0 saturated carbocycles. The molecule has 5 rings (SSSR count). The van der Waals surface area contributed by atoms with E-state index < -0.39 is 0 Å². The smallest absolute Gasteiger partial charge is 0.326 e. The quantitative estimate of drug-likeness (QED) is 0.524. The van der Waals surface area contributed by atoms with Gasteiger partial charge in [-0.2, -0.15) is 0 Å². The Balaban J connectivity index is 1.19. The second kappa shape index (κ2) is 8.34. The number of hydrogen-bond acceptors (Lipinski definition) is 3. The van der Waals surface area contributed by atoms with Gasteiger partial charge in [-0.1, -0.05) is 42.5 Å². The zero-order chi connectivity index (χ0) is 22.1. The Kier molecular flexibility index (Phi) is 5.23. The largest absolute Gasteiger partial charge is 0.343 e. The van der Waals surface area contributed by atoms with Gasteiger partial charge >= 0.3 is 5.69 Å². The summed E-state index contributed by atoms with van der Waals surface area (Å²) >= 11 is 0. The van der Waals surface area contributed by atoms with E-state index in [1.165, 1.54) is 0 Å². The first-order valence-electron chi connectivity index (χ1n) is 10.8. The first-order valence-corrected chi connectivity index (χ1v) is 10.8. The first kappa shape index (κ1) is 20.1. The van der Waals surface area contributed by atoms with Crippen LogP contribution in [0.15, 0.2) is 71.5 Å². The summed E-state index contributed by atoms with van der Waals surface area (Å²) in [6.45, 7) is 1.08. The van der Waals surface area contributed by atoms with Crippen LogP contribution >= 0.6 is 0 Å². The third kappa shape index (κ3) is 3.77. The molecule has 7 nitrogen and oxygen atoms in total. The molecule has 0 radical (unpaired) electrons. The Labute approximate surface area is 184 Å². The lowest BCUT2D eigenvalue weighted by atomic mass is 10.0. The van der Waals surface area contributed by atoms with Crippen LogP contribution in [-0.2, 0) is 4.79 Å². The molecule has 162 valence electrons. The molecule has 4 aromatic rings. The maximum atomic E-state index is 12.7. The molecule has 32 heavy (non-hydrogen) atoms. The maximum absolute atomic E-state index is 12.7. The van der Waals surface area contributed by atoms with Crippen LogP contribution in [0.3, 0.4) is 0 Å². The number of H-pyrrole nitrogens is 1. The summed E-state index contributed by atoms with van der Waals surface area (Å²) in [5.41, 5.74) is 2.14. The lowest BCUT2D eigenvalue weighted by molar-refractivity contribution is -0.131. The van der Waals surface area contributed by atoms with Gasteiger partial charge in [0, 0.05) is 24.7 Å². The molecule has 7 heteroatoms. The van der Waals surface area contributed by atoms with Gasteiger partial charge in [0.15, 0.2) is 0 Å². The molecule has 2 amide bonds. The zero-order valence-corrected chi connectivity index (χ0v) is 17.6. The van der Waals surface area contributed by atoms with Crippen LogP contribution in [0.5, 0.6) is 0 Å². The Morgan fingerprint density at radius 1 is 0.938 bits per heavy atom. The van der Waals surface area contributed by atoms with E-state index in [1.807, 2.05) is 60.7 Å². The van der Waals surface area contributed by atoms with Crippen molar-refractivity contribution in [3.63, 3.8) is 0 Å². The number of piperidine rings is 1. The lowest BCUT2D eigenvalue weighted by Crippen LogP contribution is -2.45. The number of amides is 2. The monoisotopic (exact) mass is 428 g/mol. The number of benzene rings is 3. The summed E-state index contributed by atoms with van der Waals surface area (Å²) in [5, 5.41) is 4.80. The summed E-state index contributed by atoms with van der Waals surface area (Å²) in [4.78, 5) is 42.3. The molecule has 0 aliphatic carbocycles. The lowest BCUT2D eigenvalue weighted by Gasteiger charge is -2.32. The van der Waals surface area contributed by atoms with Crippen LogP contribution in [0.1, 0.15) is 29.2 Å². The summed E-state index contributed by atoms with van der Waals surface area (Å²) in [5.74, 6) is -0.367. The second-order valence-electron chi connectivity index (χ2n) is 8.17. The molecule has 1 aliphatic rings. The molecule has 1 fully saturated rings. The van der Waals surface area contributed by atoms with Gasteiger partial charge in [0.25, 0.3) is 5.91 Å². The third-order valence-electron chi connectivity index (χ3n) is 6.22. The SMILES string of the molecule is O=C(NCC(=O)N1CCC(n2c(=O)[nH]c3ccccc32)CC1)c1ccc2ccccc2c1. The van der Waals surface area contributed by atoms with E-state index in [1.54, 1.807) is 15.5 Å². The highest BCUT2D eigenvalue weighted by Crippen LogP contribution is 2.24. The molecule has 1 aliphatic heterocycles. The Morgan fingerprint density at radius 3 is 2.47 bits per heavy atom. The van der Waals surface area contributed by atoms with E-state index >= 15 is 0 Å². The van der Waals surface area contributed by atoms with Crippen LogP contribution in [0.2, 0.25) is 0 Å². The van der Waals surface area contributed by atoms with E-state index in [-0.39, 0.29) is 30.1 Å². The van der Waals surface area contributed by atoms with Crippen molar-refractivity contribution in [3.8, 4) is 0 Å². The van der Waals surface area contributed by atoms with Gasteiger partial charge in [-0.3, -0.25) is 14.2 Å². The fraction of sp³-hybridized carbons (Fsp3) is 0.240. The van der Waals surface area contributed by atoms with Crippen LogP contribution in [0.25, 0.3) is 21.8 Å². The van der Waals surface area contributed by atoms with E-state index in [2.05, 4.69) is 10.3 Å². The highest BCUT2D eigenvalue weighted by molar-refractivity contribution is 6.00. The van der Waals surface area contributed by atoms with E-state index in [4.69, 9.17) is 0 Å². The normalized spacial score (nSPS) is 14.7. The average molecular weight is 428 g/mol. The molecule has 3 aromatic carbocycles. The van der Waals surface area contributed by atoms with E-state index in [0.29, 0.717) is 31.5 Å². The summed E-state index contributed by atoms with van der Waals surface area (Å²) in [6.07, 6.45) is 1.40. The average Bonchev–Trinajstić information content (AvgIpc) is 3.17. The fourth-order valence-corrected chi connectivity index (χ4v) is 4.51. The predicted octanol–water partition coefficient (Wildman–Crippen LogP) is 3.08. The number of carbonyl (C=O) groups is 2. The molecule has 1 saturated heterocycles. The topological polar surface area (TPSA) is 87.2 Å². The van der Waals surface area contributed by atoms with Gasteiger partial charge in [-0.15, -0.1) is 0 Å². The van der Waals surface area contributed by atoms with Gasteiger partial charge in [0.1, 0.15) is 0 Å². The molecule has 2 N–H and O–H groups in total. The standard InChI is InChI=1S/C25H24N4O3/c30-23(16-26-24(31)19-10-9-17-5-1-2-6-18(17)15-19)28-13-11-20(12-14-28)29-22-8-4-3-7-21(22)27-25(29)32/h1-10,15,20H,11-14,16H2,(H,26,31)(H,27,32). The van der Waals surface area contributed by atoms with Gasteiger partial charge in [-0.25, -0.2) is 4.79 Å². The molecule has 2 heterocycles. The van der Waals surface area contributed by atoms with Crippen molar-refractivity contribution in [2.75, 3.05) is 19.6 Å². The first-order chi connectivity index (χ1) is 15.6. The number of carbonyl (C=O) groups excluding carboxylic acids is 2. The number of nitrogens with zero attached hydrogens (tertiary/aromatic N) is 2. The number of imidazole rings is 1. The molecule has 0 bridgehead atoms. The number of fused-ring (bicyclic) bond motifs is 2. The van der Waals surface area contributed by atoms with Gasteiger partial charge < -0.3 is 15.2 Å². The number of para-hydroxylation sites is 2. The third-order valence-corrected chi connectivity index (χ3v) is 6.22. The highest BCUT2D eigenvalue weighted by atomic mass is 16.2. The number of nitrogens with one attached hydrogen (secondary N) is 2. The van der Waals surface area contributed by atoms with Crippen molar-refractivity contribution in [2.24, 2.45) is 0 Å². The van der Waals surface area contributed by atoms with Crippen LogP contribution in [0, 0.1) is 0 Å². The minimum atomic E-state index is -0.260.